The summed E-state index contributed by atoms with van der Waals surface area (Å²) in [5.74, 6) is 0.679. The second kappa shape index (κ2) is 4.04. The molecule has 0 heterocycles. The van der Waals surface area contributed by atoms with Crippen molar-refractivity contribution >= 4 is 16.6 Å². The standard InChI is InChI=1S/C14H22O2S/c1-10(15)6-8-17(16)12-9-11-5-7-14(12,4)13(11,2)3/h6,8,11-12H,5,7,9H2,1-4H3/b8-6+/t11-,12-,14+,17-/m0/s1. The lowest BCUT2D eigenvalue weighted by molar-refractivity contribution is -0.112. The van der Waals surface area contributed by atoms with Gasteiger partial charge in [-0.15, -0.1) is 0 Å². The van der Waals surface area contributed by atoms with E-state index in [2.05, 4.69) is 20.8 Å². The number of allylic oxidation sites excluding steroid dienone is 1. The molecule has 0 aliphatic heterocycles. The smallest absolute Gasteiger partial charge is 0.153 e. The van der Waals surface area contributed by atoms with Crippen molar-refractivity contribution in [3.8, 4) is 0 Å². The molecule has 3 heteroatoms. The van der Waals surface area contributed by atoms with Gasteiger partial charge in [0.15, 0.2) is 5.78 Å². The van der Waals surface area contributed by atoms with Gasteiger partial charge in [-0.05, 0) is 49.0 Å². The van der Waals surface area contributed by atoms with E-state index in [1.165, 1.54) is 25.8 Å². The fraction of sp³-hybridized carbons (Fsp3) is 0.786. The summed E-state index contributed by atoms with van der Waals surface area (Å²) in [6.45, 7) is 8.41. The molecule has 2 aliphatic carbocycles. The highest BCUT2D eigenvalue weighted by atomic mass is 32.2. The quantitative estimate of drug-likeness (QED) is 0.725. The first kappa shape index (κ1) is 13.0. The summed E-state index contributed by atoms with van der Waals surface area (Å²) >= 11 is 0. The Bertz CT molecular complexity index is 397. The van der Waals surface area contributed by atoms with Gasteiger partial charge >= 0.3 is 0 Å². The Hall–Kier alpha value is -0.440. The van der Waals surface area contributed by atoms with Gasteiger partial charge in [-0.1, -0.05) is 20.8 Å². The molecular formula is C14H22O2S. The number of ketones is 1. The van der Waals surface area contributed by atoms with E-state index in [0.717, 1.165) is 6.42 Å². The van der Waals surface area contributed by atoms with Crippen LogP contribution in [-0.4, -0.2) is 15.2 Å². The predicted octanol–water partition coefficient (Wildman–Crippen LogP) is 3.05. The third-order valence-corrected chi connectivity index (χ3v) is 7.11. The lowest BCUT2D eigenvalue weighted by atomic mass is 9.71. The van der Waals surface area contributed by atoms with E-state index in [4.69, 9.17) is 0 Å². The summed E-state index contributed by atoms with van der Waals surface area (Å²) < 4.78 is 12.3. The molecule has 0 N–H and O–H groups in total. The van der Waals surface area contributed by atoms with Gasteiger partial charge in [0.25, 0.3) is 0 Å². The number of rotatable bonds is 3. The van der Waals surface area contributed by atoms with Crippen molar-refractivity contribution in [1.29, 1.82) is 0 Å². The van der Waals surface area contributed by atoms with Crippen molar-refractivity contribution < 1.29 is 9.00 Å². The number of hydrogen-bond donors (Lipinski definition) is 0. The van der Waals surface area contributed by atoms with Gasteiger partial charge in [-0.3, -0.25) is 9.00 Å². The molecule has 0 aromatic heterocycles. The van der Waals surface area contributed by atoms with Crippen molar-refractivity contribution in [2.24, 2.45) is 16.7 Å². The number of hydrogen-bond acceptors (Lipinski definition) is 2. The van der Waals surface area contributed by atoms with Gasteiger partial charge in [0, 0.05) is 21.5 Å². The molecule has 96 valence electrons. The van der Waals surface area contributed by atoms with E-state index < -0.39 is 10.8 Å². The fourth-order valence-corrected chi connectivity index (χ4v) is 5.61. The van der Waals surface area contributed by atoms with Crippen LogP contribution < -0.4 is 0 Å². The van der Waals surface area contributed by atoms with Crippen LogP contribution in [0.5, 0.6) is 0 Å². The van der Waals surface area contributed by atoms with Gasteiger partial charge in [0.2, 0.25) is 0 Å². The van der Waals surface area contributed by atoms with Crippen molar-refractivity contribution in [2.75, 3.05) is 0 Å². The largest absolute Gasteiger partial charge is 0.295 e. The van der Waals surface area contributed by atoms with E-state index in [0.29, 0.717) is 5.92 Å². The van der Waals surface area contributed by atoms with Crippen LogP contribution >= 0.6 is 0 Å². The highest BCUT2D eigenvalue weighted by Gasteiger charge is 2.62. The summed E-state index contributed by atoms with van der Waals surface area (Å²) in [4.78, 5) is 10.9. The second-order valence-electron chi connectivity index (χ2n) is 6.34. The number of carbonyl (C=O) groups excluding carboxylic acids is 1. The zero-order valence-corrected chi connectivity index (χ0v) is 12.0. The van der Waals surface area contributed by atoms with Crippen LogP contribution in [0.25, 0.3) is 0 Å². The van der Waals surface area contributed by atoms with Crippen LogP contribution in [0.4, 0.5) is 0 Å². The molecule has 2 aliphatic rings. The van der Waals surface area contributed by atoms with Crippen LogP contribution in [0.3, 0.4) is 0 Å². The van der Waals surface area contributed by atoms with E-state index >= 15 is 0 Å². The summed E-state index contributed by atoms with van der Waals surface area (Å²) in [5, 5.41) is 1.83. The molecule has 0 unspecified atom stereocenters. The van der Waals surface area contributed by atoms with Gasteiger partial charge in [-0.2, -0.15) is 0 Å². The minimum absolute atomic E-state index is 0.0223. The molecule has 17 heavy (non-hydrogen) atoms. The third-order valence-electron chi connectivity index (χ3n) is 5.43. The van der Waals surface area contributed by atoms with Crippen LogP contribution in [0.1, 0.15) is 47.0 Å². The molecule has 0 radical (unpaired) electrons. The highest BCUT2D eigenvalue weighted by Crippen LogP contribution is 2.66. The normalized spacial score (nSPS) is 40.9. The molecule has 0 aromatic rings. The van der Waals surface area contributed by atoms with Crippen LogP contribution in [0, 0.1) is 16.7 Å². The maximum absolute atomic E-state index is 12.3. The van der Waals surface area contributed by atoms with Crippen molar-refractivity contribution in [3.05, 3.63) is 11.5 Å². The molecule has 0 amide bonds. The van der Waals surface area contributed by atoms with Gasteiger partial charge in [-0.25, -0.2) is 0 Å². The summed E-state index contributed by atoms with van der Waals surface area (Å²) in [6.07, 6.45) is 4.96. The summed E-state index contributed by atoms with van der Waals surface area (Å²) in [5.41, 5.74) is 0.459. The Morgan fingerprint density at radius 1 is 1.35 bits per heavy atom. The molecule has 2 rings (SSSR count). The van der Waals surface area contributed by atoms with Gasteiger partial charge < -0.3 is 0 Å². The number of fused-ring (bicyclic) bond motifs is 2. The van der Waals surface area contributed by atoms with Crippen LogP contribution in [0.2, 0.25) is 0 Å². The van der Waals surface area contributed by atoms with E-state index in [1.807, 2.05) is 0 Å². The Morgan fingerprint density at radius 3 is 2.41 bits per heavy atom. The second-order valence-corrected chi connectivity index (χ2v) is 7.84. The first-order valence-corrected chi connectivity index (χ1v) is 7.65. The van der Waals surface area contributed by atoms with E-state index in [-0.39, 0.29) is 21.9 Å². The lowest BCUT2D eigenvalue weighted by Crippen LogP contribution is -2.37. The molecular weight excluding hydrogens is 232 g/mol. The van der Waals surface area contributed by atoms with E-state index in [1.54, 1.807) is 5.41 Å². The first-order chi connectivity index (χ1) is 7.79. The zero-order valence-electron chi connectivity index (χ0n) is 11.2. The average molecular weight is 254 g/mol. The third kappa shape index (κ3) is 1.83. The predicted molar refractivity (Wildman–Crippen MR) is 71.0 cm³/mol. The first-order valence-electron chi connectivity index (χ1n) is 6.37. The van der Waals surface area contributed by atoms with Crippen LogP contribution in [-0.2, 0) is 15.6 Å². The molecule has 2 fully saturated rings. The Morgan fingerprint density at radius 2 is 2.00 bits per heavy atom. The topological polar surface area (TPSA) is 34.1 Å². The molecule has 0 spiro atoms. The Kier molecular flexibility index (Phi) is 3.09. The minimum Gasteiger partial charge on any atom is -0.295 e. The SMILES string of the molecule is CC(=O)/C=C/[S@](=O)[C@H]1C[C@@H]2CC[C@@]1(C)C2(C)C. The maximum Gasteiger partial charge on any atom is 0.153 e. The van der Waals surface area contributed by atoms with Crippen LogP contribution in [0.15, 0.2) is 11.5 Å². The monoisotopic (exact) mass is 254 g/mol. The number of carbonyl (C=O) groups is 1. The van der Waals surface area contributed by atoms with Gasteiger partial charge in [0.1, 0.15) is 0 Å². The maximum atomic E-state index is 12.3. The molecule has 0 saturated heterocycles. The average Bonchev–Trinajstić information content (AvgIpc) is 2.57. The fourth-order valence-electron chi connectivity index (χ4n) is 3.74. The van der Waals surface area contributed by atoms with E-state index in [9.17, 15) is 9.00 Å². The molecule has 4 atom stereocenters. The molecule has 2 nitrogen and oxygen atoms in total. The minimum atomic E-state index is -1.00. The lowest BCUT2D eigenvalue weighted by Gasteiger charge is -2.38. The summed E-state index contributed by atoms with van der Waals surface area (Å²) in [7, 11) is -1.00. The molecule has 0 aromatic carbocycles. The van der Waals surface area contributed by atoms with Crippen molar-refractivity contribution in [3.63, 3.8) is 0 Å². The Labute approximate surface area is 106 Å². The zero-order chi connectivity index (χ0) is 12.8. The summed E-state index contributed by atoms with van der Waals surface area (Å²) in [6, 6.07) is 0. The molecule has 2 saturated carbocycles. The van der Waals surface area contributed by atoms with Crippen molar-refractivity contribution in [2.45, 2.75) is 52.2 Å². The van der Waals surface area contributed by atoms with Crippen molar-refractivity contribution in [1.82, 2.24) is 0 Å². The highest BCUT2D eigenvalue weighted by molar-refractivity contribution is 7.88. The Balaban J connectivity index is 2.21. The van der Waals surface area contributed by atoms with Gasteiger partial charge in [0.05, 0.1) is 0 Å². The molecule has 2 bridgehead atoms.